The molecule has 1 heterocycles. The van der Waals surface area contributed by atoms with Gasteiger partial charge in [-0.1, -0.05) is 23.2 Å². The Bertz CT molecular complexity index is 1220. The lowest BCUT2D eigenvalue weighted by Gasteiger charge is -2.33. The number of amides is 2. The molecule has 4 rings (SSSR count). The minimum atomic E-state index is -4.43. The van der Waals surface area contributed by atoms with E-state index in [-0.39, 0.29) is 35.6 Å². The third-order valence-corrected chi connectivity index (χ3v) is 6.18. The molecule has 2 aromatic carbocycles. The van der Waals surface area contributed by atoms with Crippen LogP contribution in [0.1, 0.15) is 24.4 Å². The number of carbonyl (C=O) groups is 2. The van der Waals surface area contributed by atoms with Crippen LogP contribution in [-0.2, 0) is 9.59 Å². The first kappa shape index (κ1) is 27.0. The molecule has 3 atom stereocenters. The summed E-state index contributed by atoms with van der Waals surface area (Å²) in [4.78, 5) is 24.8. The van der Waals surface area contributed by atoms with Crippen LogP contribution in [0.15, 0.2) is 48.2 Å². The highest BCUT2D eigenvalue weighted by Gasteiger charge is 2.36. The quantitative estimate of drug-likeness (QED) is 0.414. The van der Waals surface area contributed by atoms with Crippen molar-refractivity contribution in [2.75, 3.05) is 13.2 Å². The summed E-state index contributed by atoms with van der Waals surface area (Å²) in [7, 11) is 0. The van der Waals surface area contributed by atoms with E-state index in [1.54, 1.807) is 6.08 Å². The topological polar surface area (TPSA) is 88.7 Å². The summed E-state index contributed by atoms with van der Waals surface area (Å²) in [5.41, 5.74) is 0.969. The molecule has 1 aliphatic heterocycles. The van der Waals surface area contributed by atoms with Crippen molar-refractivity contribution in [2.45, 2.75) is 37.2 Å². The SMILES string of the molecule is O=C(COc1ccc(Cl)c(F)c1)NC1C=C(NC(=O)[C@H]2C[C@H](NCC(F)(F)F)c3cc(Cl)ccc3O2)C1. The van der Waals surface area contributed by atoms with Gasteiger partial charge >= 0.3 is 6.18 Å². The van der Waals surface area contributed by atoms with Gasteiger partial charge in [-0.15, -0.1) is 0 Å². The van der Waals surface area contributed by atoms with Gasteiger partial charge in [-0.25, -0.2) is 4.39 Å². The standard InChI is InChI=1S/C24H21Cl2F4N3O4/c25-12-1-4-20-16(5-12)19(31-11-24(28,29)30)9-21(37-20)23(35)33-14-6-13(7-14)32-22(34)10-36-15-2-3-17(26)18(27)8-15/h1-6,8,13,19,21,31H,7,9-11H2,(H,32,34)(H,33,35)/t13?,19-,21+/m0/s1. The molecule has 198 valence electrons. The minimum absolute atomic E-state index is 0.0364. The Hall–Kier alpha value is -3.02. The average Bonchev–Trinajstić information content (AvgIpc) is 2.81. The number of hydrogen-bond acceptors (Lipinski definition) is 5. The summed E-state index contributed by atoms with van der Waals surface area (Å²) >= 11 is 11.6. The number of benzene rings is 2. The Labute approximate surface area is 219 Å². The lowest BCUT2D eigenvalue weighted by molar-refractivity contribution is -0.130. The van der Waals surface area contributed by atoms with Crippen molar-refractivity contribution < 1.29 is 36.6 Å². The minimum Gasteiger partial charge on any atom is -0.484 e. The number of hydrogen-bond donors (Lipinski definition) is 3. The second-order valence-corrected chi connectivity index (χ2v) is 9.34. The smallest absolute Gasteiger partial charge is 0.401 e. The van der Waals surface area contributed by atoms with Gasteiger partial charge in [0.2, 0.25) is 0 Å². The second-order valence-electron chi connectivity index (χ2n) is 8.50. The number of carbonyl (C=O) groups excluding carboxylic acids is 2. The van der Waals surface area contributed by atoms with E-state index < -0.39 is 42.5 Å². The van der Waals surface area contributed by atoms with Crippen molar-refractivity contribution >= 4 is 35.0 Å². The van der Waals surface area contributed by atoms with Crippen molar-refractivity contribution in [1.82, 2.24) is 16.0 Å². The molecule has 7 nitrogen and oxygen atoms in total. The van der Waals surface area contributed by atoms with Crippen molar-refractivity contribution in [3.05, 3.63) is 69.6 Å². The van der Waals surface area contributed by atoms with E-state index in [4.69, 9.17) is 32.7 Å². The van der Waals surface area contributed by atoms with Crippen molar-refractivity contribution in [1.29, 1.82) is 0 Å². The molecule has 0 aromatic heterocycles. The fourth-order valence-corrected chi connectivity index (χ4v) is 4.17. The predicted molar refractivity (Wildman–Crippen MR) is 127 cm³/mol. The van der Waals surface area contributed by atoms with Crippen LogP contribution in [0.4, 0.5) is 17.6 Å². The highest BCUT2D eigenvalue weighted by atomic mass is 35.5. The van der Waals surface area contributed by atoms with E-state index in [2.05, 4.69) is 16.0 Å². The largest absolute Gasteiger partial charge is 0.484 e. The zero-order chi connectivity index (χ0) is 26.7. The normalized spacial score (nSPS) is 20.6. The monoisotopic (exact) mass is 561 g/mol. The molecular weight excluding hydrogens is 541 g/mol. The van der Waals surface area contributed by atoms with Crippen LogP contribution in [0.3, 0.4) is 0 Å². The zero-order valence-corrected chi connectivity index (χ0v) is 20.5. The van der Waals surface area contributed by atoms with Crippen LogP contribution in [0.5, 0.6) is 11.5 Å². The summed E-state index contributed by atoms with van der Waals surface area (Å²) in [5.74, 6) is -1.23. The van der Waals surface area contributed by atoms with Crippen LogP contribution in [0, 0.1) is 5.82 Å². The first-order valence-electron chi connectivity index (χ1n) is 11.1. The zero-order valence-electron chi connectivity index (χ0n) is 19.0. The molecule has 1 aliphatic carbocycles. The number of alkyl halides is 3. The van der Waals surface area contributed by atoms with E-state index in [1.807, 2.05) is 0 Å². The Kier molecular flexibility index (Phi) is 8.15. The third kappa shape index (κ3) is 7.27. The molecule has 0 spiro atoms. The number of fused-ring (bicyclic) bond motifs is 1. The predicted octanol–water partition coefficient (Wildman–Crippen LogP) is 4.44. The van der Waals surface area contributed by atoms with Crippen LogP contribution < -0.4 is 25.4 Å². The van der Waals surface area contributed by atoms with Gasteiger partial charge in [0, 0.05) is 41.2 Å². The maximum absolute atomic E-state index is 13.4. The van der Waals surface area contributed by atoms with Gasteiger partial charge in [-0.05, 0) is 36.4 Å². The summed E-state index contributed by atoms with van der Waals surface area (Å²) < 4.78 is 62.7. The maximum Gasteiger partial charge on any atom is 0.401 e. The second kappa shape index (κ2) is 11.2. The van der Waals surface area contributed by atoms with Crippen LogP contribution in [-0.4, -0.2) is 43.3 Å². The Morgan fingerprint density at radius 2 is 1.89 bits per heavy atom. The van der Waals surface area contributed by atoms with E-state index in [1.165, 1.54) is 30.3 Å². The summed E-state index contributed by atoms with van der Waals surface area (Å²) in [6.45, 7) is -1.58. The lowest BCUT2D eigenvalue weighted by atomic mass is 9.95. The molecule has 0 fully saturated rings. The summed E-state index contributed by atoms with van der Waals surface area (Å²) in [6, 6.07) is 7.20. The molecule has 0 bridgehead atoms. The maximum atomic E-state index is 13.4. The van der Waals surface area contributed by atoms with Crippen molar-refractivity contribution in [3.63, 3.8) is 0 Å². The van der Waals surface area contributed by atoms with Crippen molar-refractivity contribution in [3.8, 4) is 11.5 Å². The number of nitrogens with one attached hydrogen (secondary N) is 3. The van der Waals surface area contributed by atoms with Gasteiger partial charge in [0.15, 0.2) is 12.7 Å². The molecule has 0 saturated carbocycles. The molecule has 2 aliphatic rings. The van der Waals surface area contributed by atoms with Gasteiger partial charge in [-0.2, -0.15) is 13.2 Å². The molecule has 0 saturated heterocycles. The fourth-order valence-electron chi connectivity index (χ4n) is 3.87. The van der Waals surface area contributed by atoms with Gasteiger partial charge in [0.25, 0.3) is 11.8 Å². The van der Waals surface area contributed by atoms with E-state index in [0.29, 0.717) is 22.7 Å². The van der Waals surface area contributed by atoms with Crippen LogP contribution in [0.2, 0.25) is 10.0 Å². The van der Waals surface area contributed by atoms with E-state index >= 15 is 0 Å². The highest BCUT2D eigenvalue weighted by Crippen LogP contribution is 2.37. The fraction of sp³-hybridized carbons (Fsp3) is 0.333. The molecule has 2 aromatic rings. The molecule has 1 unspecified atom stereocenters. The summed E-state index contributed by atoms with van der Waals surface area (Å²) in [6.07, 6.45) is -3.57. The first-order valence-corrected chi connectivity index (χ1v) is 11.9. The van der Waals surface area contributed by atoms with Crippen LogP contribution in [0.25, 0.3) is 0 Å². The molecule has 2 amide bonds. The molecule has 37 heavy (non-hydrogen) atoms. The van der Waals surface area contributed by atoms with Gasteiger partial charge < -0.3 is 25.4 Å². The highest BCUT2D eigenvalue weighted by molar-refractivity contribution is 6.31. The Balaban J connectivity index is 1.28. The molecule has 0 radical (unpaired) electrons. The van der Waals surface area contributed by atoms with Crippen molar-refractivity contribution in [2.24, 2.45) is 0 Å². The van der Waals surface area contributed by atoms with Gasteiger partial charge in [-0.3, -0.25) is 9.59 Å². The van der Waals surface area contributed by atoms with Gasteiger partial charge in [0.1, 0.15) is 17.3 Å². The first-order chi connectivity index (χ1) is 17.5. The molecule has 3 N–H and O–H groups in total. The van der Waals surface area contributed by atoms with Crippen LogP contribution >= 0.6 is 23.2 Å². The Morgan fingerprint density at radius 3 is 2.59 bits per heavy atom. The van der Waals surface area contributed by atoms with E-state index in [0.717, 1.165) is 6.07 Å². The molecule has 13 heteroatoms. The lowest BCUT2D eigenvalue weighted by Crippen LogP contribution is -2.48. The number of rotatable bonds is 8. The number of ether oxygens (including phenoxy) is 2. The molecular formula is C24H21Cl2F4N3O4. The van der Waals surface area contributed by atoms with Gasteiger partial charge in [0.05, 0.1) is 17.6 Å². The van der Waals surface area contributed by atoms with E-state index in [9.17, 15) is 27.2 Å². The average molecular weight is 562 g/mol. The number of halogens is 6. The summed E-state index contributed by atoms with van der Waals surface area (Å²) in [5, 5.41) is 8.05. The Morgan fingerprint density at radius 1 is 1.14 bits per heavy atom. The third-order valence-electron chi connectivity index (χ3n) is 5.64.